The van der Waals surface area contributed by atoms with Gasteiger partial charge in [0.1, 0.15) is 5.75 Å². The third-order valence-corrected chi connectivity index (χ3v) is 7.21. The molecule has 146 valence electrons. The molecule has 28 heavy (non-hydrogen) atoms. The van der Waals surface area contributed by atoms with E-state index in [4.69, 9.17) is 33.0 Å². The van der Waals surface area contributed by atoms with Crippen LogP contribution in [-0.4, -0.2) is 41.5 Å². The van der Waals surface area contributed by atoms with Crippen LogP contribution in [0.1, 0.15) is 36.4 Å². The monoisotopic (exact) mass is 479 g/mol. The van der Waals surface area contributed by atoms with Crippen molar-refractivity contribution >= 4 is 44.8 Å². The van der Waals surface area contributed by atoms with Crippen molar-refractivity contribution in [1.29, 1.82) is 0 Å². The van der Waals surface area contributed by atoms with E-state index in [2.05, 4.69) is 45.0 Å². The number of fused-ring (bicyclic) bond motifs is 4. The Bertz CT molecular complexity index is 972. The summed E-state index contributed by atoms with van der Waals surface area (Å²) in [6.45, 7) is 1.99. The number of nitrogens with zero attached hydrogens (tertiary/aromatic N) is 3. The van der Waals surface area contributed by atoms with Gasteiger partial charge >= 0.3 is 0 Å². The quantitative estimate of drug-likeness (QED) is 0.522. The minimum atomic E-state index is -0.393. The van der Waals surface area contributed by atoms with Gasteiger partial charge in [0.05, 0.1) is 21.8 Å². The first-order valence-electron chi connectivity index (χ1n) is 9.44. The third-order valence-electron chi connectivity index (χ3n) is 5.98. The van der Waals surface area contributed by atoms with Gasteiger partial charge in [-0.15, -0.1) is 0 Å². The molecule has 1 atom stereocenters. The second-order valence-corrected chi connectivity index (χ2v) is 9.50. The van der Waals surface area contributed by atoms with Crippen LogP contribution in [0.5, 0.6) is 5.75 Å². The van der Waals surface area contributed by atoms with Gasteiger partial charge in [-0.05, 0) is 42.9 Å². The van der Waals surface area contributed by atoms with Crippen LogP contribution in [0.4, 0.5) is 0 Å². The summed E-state index contributed by atoms with van der Waals surface area (Å²) < 4.78 is 7.68. The summed E-state index contributed by atoms with van der Waals surface area (Å²) in [5, 5.41) is 8.40. The van der Waals surface area contributed by atoms with Crippen molar-refractivity contribution < 1.29 is 4.74 Å². The van der Waals surface area contributed by atoms with Gasteiger partial charge in [0.25, 0.3) is 0 Å². The highest BCUT2D eigenvalue weighted by molar-refractivity contribution is 9.10. The lowest BCUT2D eigenvalue weighted by atomic mass is 9.91. The van der Waals surface area contributed by atoms with Gasteiger partial charge in [-0.25, -0.2) is 5.01 Å². The topological polar surface area (TPSA) is 28.1 Å². The van der Waals surface area contributed by atoms with Gasteiger partial charge in [-0.3, -0.25) is 0 Å². The minimum absolute atomic E-state index is 0.161. The fraction of sp³-hybridized carbons (Fsp3) is 0.381. The van der Waals surface area contributed by atoms with Crippen molar-refractivity contribution in [2.75, 3.05) is 20.1 Å². The van der Waals surface area contributed by atoms with Crippen LogP contribution in [0.25, 0.3) is 0 Å². The van der Waals surface area contributed by atoms with Crippen LogP contribution in [0.3, 0.4) is 0 Å². The molecule has 0 amide bonds. The van der Waals surface area contributed by atoms with Crippen molar-refractivity contribution in [2.24, 2.45) is 5.10 Å². The Morgan fingerprint density at radius 1 is 1.11 bits per heavy atom. The number of hydrogen-bond donors (Lipinski definition) is 0. The molecular formula is C21H20BrCl2N3O. The Labute approximate surface area is 183 Å². The molecule has 0 saturated carbocycles. The molecule has 0 aliphatic carbocycles. The Kier molecular flexibility index (Phi) is 4.62. The van der Waals surface area contributed by atoms with E-state index in [-0.39, 0.29) is 6.04 Å². The van der Waals surface area contributed by atoms with Crippen molar-refractivity contribution in [3.05, 3.63) is 62.0 Å². The van der Waals surface area contributed by atoms with Crippen molar-refractivity contribution in [3.63, 3.8) is 0 Å². The molecule has 3 heterocycles. The fourth-order valence-corrected chi connectivity index (χ4v) is 5.08. The number of ether oxygens (including phenoxy) is 1. The first-order chi connectivity index (χ1) is 13.4. The highest BCUT2D eigenvalue weighted by Crippen LogP contribution is 2.50. The van der Waals surface area contributed by atoms with Crippen LogP contribution in [-0.2, 0) is 0 Å². The van der Waals surface area contributed by atoms with E-state index in [9.17, 15) is 0 Å². The first kappa shape index (κ1) is 18.7. The molecule has 7 heteroatoms. The zero-order chi connectivity index (χ0) is 19.5. The number of halogens is 3. The molecule has 1 spiro atoms. The third kappa shape index (κ3) is 3.04. The summed E-state index contributed by atoms with van der Waals surface area (Å²) in [4.78, 5) is 2.35. The maximum Gasteiger partial charge on any atom is 0.200 e. The molecule has 2 aromatic carbocycles. The van der Waals surface area contributed by atoms with E-state index in [0.717, 1.165) is 53.8 Å². The average Bonchev–Trinajstić information content (AvgIpc) is 3.14. The standard InChI is InChI=1S/C21H20BrCl2N3O/c1-26-8-6-21(7-9-26)27-19(15-11-14(22)3-5-20(15)28-21)12-18(25-27)13-2-4-16(23)17(24)10-13/h2-5,10-11,19H,6-9,12H2,1H3/t19-/m0/s1. The molecule has 2 aromatic rings. The van der Waals surface area contributed by atoms with E-state index in [1.165, 1.54) is 5.56 Å². The van der Waals surface area contributed by atoms with Gasteiger partial charge in [0, 0.05) is 42.4 Å². The molecule has 0 N–H and O–H groups in total. The largest absolute Gasteiger partial charge is 0.466 e. The smallest absolute Gasteiger partial charge is 0.200 e. The number of hydrogen-bond acceptors (Lipinski definition) is 4. The lowest BCUT2D eigenvalue weighted by Gasteiger charge is -2.50. The molecule has 4 nitrogen and oxygen atoms in total. The molecule has 1 saturated heterocycles. The number of rotatable bonds is 1. The summed E-state index contributed by atoms with van der Waals surface area (Å²) >= 11 is 16.0. The van der Waals surface area contributed by atoms with E-state index in [1.54, 1.807) is 0 Å². The zero-order valence-corrected chi connectivity index (χ0v) is 18.6. The van der Waals surface area contributed by atoms with E-state index in [0.29, 0.717) is 10.0 Å². The molecule has 0 unspecified atom stereocenters. The molecule has 0 radical (unpaired) electrons. The Hall–Kier alpha value is -1.27. The van der Waals surface area contributed by atoms with E-state index >= 15 is 0 Å². The molecule has 3 aliphatic heterocycles. The molecule has 1 fully saturated rings. The van der Waals surface area contributed by atoms with Crippen LogP contribution in [0.15, 0.2) is 46.0 Å². The van der Waals surface area contributed by atoms with Gasteiger partial charge in [0.15, 0.2) is 0 Å². The van der Waals surface area contributed by atoms with Crippen LogP contribution >= 0.6 is 39.1 Å². The number of hydrazone groups is 1. The molecule has 3 aliphatic rings. The van der Waals surface area contributed by atoms with Crippen LogP contribution < -0.4 is 4.74 Å². The maximum atomic E-state index is 6.63. The Morgan fingerprint density at radius 3 is 2.64 bits per heavy atom. The van der Waals surface area contributed by atoms with Gasteiger partial charge in [-0.2, -0.15) is 5.10 Å². The summed E-state index contributed by atoms with van der Waals surface area (Å²) in [6.07, 6.45) is 2.67. The molecular weight excluding hydrogens is 461 g/mol. The predicted molar refractivity (Wildman–Crippen MR) is 116 cm³/mol. The van der Waals surface area contributed by atoms with Crippen molar-refractivity contribution in [3.8, 4) is 5.75 Å². The number of likely N-dealkylation sites (tertiary alicyclic amines) is 1. The Balaban J connectivity index is 1.59. The fourth-order valence-electron chi connectivity index (χ4n) is 4.40. The van der Waals surface area contributed by atoms with Gasteiger partial charge < -0.3 is 9.64 Å². The number of piperidine rings is 1. The van der Waals surface area contributed by atoms with Crippen molar-refractivity contribution in [2.45, 2.75) is 31.0 Å². The summed E-state index contributed by atoms with van der Waals surface area (Å²) in [5.41, 5.74) is 2.83. The SMILES string of the molecule is CN1CCC2(CC1)Oc1ccc(Br)cc1[C@@H]1CC(c3ccc(Cl)c(Cl)c3)=NN12. The molecule has 5 rings (SSSR count). The van der Waals surface area contributed by atoms with Crippen LogP contribution in [0, 0.1) is 0 Å². The highest BCUT2D eigenvalue weighted by Gasteiger charge is 2.51. The van der Waals surface area contributed by atoms with E-state index in [1.807, 2.05) is 24.3 Å². The molecule has 0 aromatic heterocycles. The summed E-state index contributed by atoms with van der Waals surface area (Å²) in [6, 6.07) is 12.2. The van der Waals surface area contributed by atoms with Gasteiger partial charge in [-0.1, -0.05) is 45.2 Å². The first-order valence-corrected chi connectivity index (χ1v) is 11.0. The number of benzene rings is 2. The van der Waals surface area contributed by atoms with Crippen molar-refractivity contribution in [1.82, 2.24) is 9.91 Å². The maximum absolute atomic E-state index is 6.63. The Morgan fingerprint density at radius 2 is 1.89 bits per heavy atom. The normalized spacial score (nSPS) is 23.2. The summed E-state index contributed by atoms with van der Waals surface area (Å²) in [5.74, 6) is 0.972. The second kappa shape index (κ2) is 6.91. The summed E-state index contributed by atoms with van der Waals surface area (Å²) in [7, 11) is 2.16. The lowest BCUT2D eigenvalue weighted by Crippen LogP contribution is -2.58. The van der Waals surface area contributed by atoms with Gasteiger partial charge in [0.2, 0.25) is 5.72 Å². The average molecular weight is 481 g/mol. The van der Waals surface area contributed by atoms with E-state index < -0.39 is 5.72 Å². The predicted octanol–water partition coefficient (Wildman–Crippen LogP) is 5.72. The lowest BCUT2D eigenvalue weighted by molar-refractivity contribution is -0.147. The molecule has 0 bridgehead atoms. The zero-order valence-electron chi connectivity index (χ0n) is 15.5. The van der Waals surface area contributed by atoms with Crippen LogP contribution in [0.2, 0.25) is 10.0 Å². The highest BCUT2D eigenvalue weighted by atomic mass is 79.9. The minimum Gasteiger partial charge on any atom is -0.466 e. The second-order valence-electron chi connectivity index (χ2n) is 7.77.